The van der Waals surface area contributed by atoms with Crippen LogP contribution in [0.1, 0.15) is 50.0 Å². The van der Waals surface area contributed by atoms with E-state index in [4.69, 9.17) is 9.90 Å². The first kappa shape index (κ1) is 24.6. The number of piperidine rings is 1. The highest BCUT2D eigenvalue weighted by atomic mass is 32.1. The van der Waals surface area contributed by atoms with E-state index in [-0.39, 0.29) is 11.8 Å². The lowest BCUT2D eigenvalue weighted by atomic mass is 10.1. The summed E-state index contributed by atoms with van der Waals surface area (Å²) in [6, 6.07) is 3.57. The summed E-state index contributed by atoms with van der Waals surface area (Å²) in [5.74, 6) is -2.67. The lowest BCUT2D eigenvalue weighted by Crippen LogP contribution is -2.35. The first-order valence-electron chi connectivity index (χ1n) is 10.4. The Morgan fingerprint density at radius 2 is 1.61 bits per heavy atom. The number of pyridine rings is 1. The molecule has 2 amide bonds. The second-order valence-electron chi connectivity index (χ2n) is 7.58. The number of rotatable bonds is 2. The molecule has 0 saturated carbocycles. The van der Waals surface area contributed by atoms with Crippen LogP contribution < -0.4 is 0 Å². The van der Waals surface area contributed by atoms with Crippen molar-refractivity contribution in [2.24, 2.45) is 0 Å². The Bertz CT molecular complexity index is 966. The molecule has 4 rings (SSSR count). The van der Waals surface area contributed by atoms with Crippen LogP contribution in [0.3, 0.4) is 0 Å². The molecule has 0 spiro atoms. The standard InChI is InChI=1S/C19H22N4O2S.C2HF3O2/c24-18(14-5-4-8-20-13-14)23-11-6-15-16(7-12-23)26-17(21-15)19(25)22-9-2-1-3-10-22;3-2(4,5)1(6)7/h4-5,8,13H,1-3,6-7,9-12H2;(H,6,7). The molecule has 12 heteroatoms. The van der Waals surface area contributed by atoms with E-state index in [1.165, 1.54) is 17.8 Å². The number of hydrogen-bond acceptors (Lipinski definition) is 6. The first-order chi connectivity index (χ1) is 15.7. The number of likely N-dealkylation sites (tertiary alicyclic amines) is 1. The topological polar surface area (TPSA) is 104 Å². The molecule has 8 nitrogen and oxygen atoms in total. The molecule has 0 atom stereocenters. The monoisotopic (exact) mass is 484 g/mol. The van der Waals surface area contributed by atoms with Gasteiger partial charge in [-0.05, 0) is 31.4 Å². The number of halogens is 3. The number of aliphatic carboxylic acids is 1. The van der Waals surface area contributed by atoms with Gasteiger partial charge in [-0.2, -0.15) is 13.2 Å². The minimum atomic E-state index is -5.08. The molecule has 0 aliphatic carbocycles. The van der Waals surface area contributed by atoms with Gasteiger partial charge in [0.15, 0.2) is 5.01 Å². The minimum absolute atomic E-state index is 0.0119. The number of aromatic nitrogens is 2. The maximum absolute atomic E-state index is 12.7. The summed E-state index contributed by atoms with van der Waals surface area (Å²) in [7, 11) is 0. The van der Waals surface area contributed by atoms with Crippen LogP contribution in [0, 0.1) is 0 Å². The average Bonchev–Trinajstić information content (AvgIpc) is 3.12. The Morgan fingerprint density at radius 3 is 2.21 bits per heavy atom. The summed E-state index contributed by atoms with van der Waals surface area (Å²) < 4.78 is 31.7. The largest absolute Gasteiger partial charge is 0.490 e. The molecule has 2 aliphatic heterocycles. The van der Waals surface area contributed by atoms with Gasteiger partial charge in [0.2, 0.25) is 0 Å². The lowest BCUT2D eigenvalue weighted by molar-refractivity contribution is -0.192. The van der Waals surface area contributed by atoms with E-state index >= 15 is 0 Å². The zero-order chi connectivity index (χ0) is 24.0. The molecule has 1 N–H and O–H groups in total. The molecule has 4 heterocycles. The second-order valence-corrected chi connectivity index (χ2v) is 8.66. The van der Waals surface area contributed by atoms with E-state index < -0.39 is 12.1 Å². The summed E-state index contributed by atoms with van der Waals surface area (Å²) in [6.07, 6.45) is 3.03. The van der Waals surface area contributed by atoms with Crippen molar-refractivity contribution in [3.05, 3.63) is 45.7 Å². The van der Waals surface area contributed by atoms with Crippen LogP contribution in [0.2, 0.25) is 0 Å². The predicted molar refractivity (Wildman–Crippen MR) is 113 cm³/mol. The van der Waals surface area contributed by atoms with E-state index in [1.54, 1.807) is 24.5 Å². The SMILES string of the molecule is O=C(O)C(F)(F)F.O=C(c1cccnc1)N1CCc2nc(C(=O)N3CCCCC3)sc2CC1. The summed E-state index contributed by atoms with van der Waals surface area (Å²) in [5.41, 5.74) is 1.60. The van der Waals surface area contributed by atoms with Crippen molar-refractivity contribution in [1.82, 2.24) is 19.8 Å². The van der Waals surface area contributed by atoms with Crippen LogP contribution in [-0.2, 0) is 17.6 Å². The minimum Gasteiger partial charge on any atom is -0.475 e. The normalized spacial score (nSPS) is 16.2. The van der Waals surface area contributed by atoms with Crippen molar-refractivity contribution in [2.75, 3.05) is 26.2 Å². The molecular formula is C21H23F3N4O4S. The molecule has 0 radical (unpaired) electrons. The van der Waals surface area contributed by atoms with Crippen molar-refractivity contribution in [1.29, 1.82) is 0 Å². The van der Waals surface area contributed by atoms with Crippen molar-refractivity contribution >= 4 is 29.1 Å². The van der Waals surface area contributed by atoms with E-state index in [0.717, 1.165) is 42.9 Å². The van der Waals surface area contributed by atoms with Gasteiger partial charge in [0.05, 0.1) is 11.3 Å². The van der Waals surface area contributed by atoms with Crippen LogP contribution >= 0.6 is 11.3 Å². The van der Waals surface area contributed by atoms with Gasteiger partial charge < -0.3 is 14.9 Å². The molecule has 0 aromatic carbocycles. The number of carbonyl (C=O) groups is 3. The Morgan fingerprint density at radius 1 is 0.970 bits per heavy atom. The van der Waals surface area contributed by atoms with Crippen LogP contribution in [0.15, 0.2) is 24.5 Å². The molecule has 2 aromatic heterocycles. The average molecular weight is 485 g/mol. The molecule has 2 aliphatic rings. The van der Waals surface area contributed by atoms with Crippen molar-refractivity contribution in [3.8, 4) is 0 Å². The third-order valence-corrected chi connectivity index (χ3v) is 6.42. The highest BCUT2D eigenvalue weighted by Gasteiger charge is 2.38. The zero-order valence-electron chi connectivity index (χ0n) is 17.7. The van der Waals surface area contributed by atoms with Gasteiger partial charge >= 0.3 is 12.1 Å². The molecule has 1 saturated heterocycles. The van der Waals surface area contributed by atoms with Gasteiger partial charge in [-0.25, -0.2) is 9.78 Å². The quantitative estimate of drug-likeness (QED) is 0.703. The van der Waals surface area contributed by atoms with Gasteiger partial charge in [0.1, 0.15) is 0 Å². The van der Waals surface area contributed by atoms with Crippen LogP contribution in [0.25, 0.3) is 0 Å². The number of amides is 2. The number of fused-ring (bicyclic) bond motifs is 1. The maximum Gasteiger partial charge on any atom is 0.490 e. The van der Waals surface area contributed by atoms with Crippen LogP contribution in [-0.4, -0.2) is 75.0 Å². The van der Waals surface area contributed by atoms with E-state index in [1.807, 2.05) is 9.80 Å². The second kappa shape index (κ2) is 10.7. The number of carboxylic acids is 1. The third kappa shape index (κ3) is 6.50. The predicted octanol–water partition coefficient (Wildman–Crippen LogP) is 3.04. The van der Waals surface area contributed by atoms with E-state index in [0.29, 0.717) is 30.1 Å². The number of nitrogens with zero attached hydrogens (tertiary/aromatic N) is 4. The number of carboxylic acid groups (broad SMARTS) is 1. The Kier molecular flexibility index (Phi) is 8.01. The smallest absolute Gasteiger partial charge is 0.475 e. The lowest BCUT2D eigenvalue weighted by Gasteiger charge is -2.25. The summed E-state index contributed by atoms with van der Waals surface area (Å²) in [4.78, 5) is 47.8. The van der Waals surface area contributed by atoms with Crippen molar-refractivity contribution in [2.45, 2.75) is 38.3 Å². The van der Waals surface area contributed by atoms with Crippen LogP contribution in [0.4, 0.5) is 13.2 Å². The fraction of sp³-hybridized carbons (Fsp3) is 0.476. The van der Waals surface area contributed by atoms with Gasteiger partial charge in [0, 0.05) is 56.3 Å². The zero-order valence-corrected chi connectivity index (χ0v) is 18.5. The number of hydrogen-bond donors (Lipinski definition) is 1. The Labute approximate surface area is 192 Å². The molecule has 2 aromatic rings. The third-order valence-electron chi connectivity index (χ3n) is 5.27. The molecular weight excluding hydrogens is 461 g/mol. The van der Waals surface area contributed by atoms with E-state index in [9.17, 15) is 22.8 Å². The summed E-state index contributed by atoms with van der Waals surface area (Å²) >= 11 is 1.51. The Hall–Kier alpha value is -3.02. The van der Waals surface area contributed by atoms with Gasteiger partial charge in [-0.3, -0.25) is 14.6 Å². The fourth-order valence-corrected chi connectivity index (χ4v) is 4.63. The molecule has 0 bridgehead atoms. The highest BCUT2D eigenvalue weighted by molar-refractivity contribution is 7.13. The number of alkyl halides is 3. The van der Waals surface area contributed by atoms with E-state index in [2.05, 4.69) is 9.97 Å². The Balaban J connectivity index is 0.000000383. The van der Waals surface area contributed by atoms with Crippen LogP contribution in [0.5, 0.6) is 0 Å². The first-order valence-corrected chi connectivity index (χ1v) is 11.3. The fourth-order valence-electron chi connectivity index (χ4n) is 3.56. The maximum atomic E-state index is 12.7. The van der Waals surface area contributed by atoms with Gasteiger partial charge in [-0.1, -0.05) is 0 Å². The molecule has 0 unspecified atom stereocenters. The molecule has 178 valence electrons. The summed E-state index contributed by atoms with van der Waals surface area (Å²) in [6.45, 7) is 2.97. The molecule has 1 fully saturated rings. The van der Waals surface area contributed by atoms with Gasteiger partial charge in [0.25, 0.3) is 11.8 Å². The van der Waals surface area contributed by atoms with Crippen molar-refractivity contribution < 1.29 is 32.7 Å². The van der Waals surface area contributed by atoms with Gasteiger partial charge in [-0.15, -0.1) is 11.3 Å². The number of thiazole rings is 1. The molecule has 33 heavy (non-hydrogen) atoms. The summed E-state index contributed by atoms with van der Waals surface area (Å²) in [5, 5.41) is 7.74. The number of carbonyl (C=O) groups excluding carboxylic acids is 2. The highest BCUT2D eigenvalue weighted by Crippen LogP contribution is 2.25. The van der Waals surface area contributed by atoms with Crippen molar-refractivity contribution in [3.63, 3.8) is 0 Å².